The zero-order valence-electron chi connectivity index (χ0n) is 12.5. The third-order valence-corrected chi connectivity index (χ3v) is 3.75. The Balaban J connectivity index is 1.82. The van der Waals surface area contributed by atoms with Crippen LogP contribution in [-0.2, 0) is 19.2 Å². The molecule has 1 aromatic carbocycles. The predicted octanol–water partition coefficient (Wildman–Crippen LogP) is 1.28. The van der Waals surface area contributed by atoms with E-state index >= 15 is 0 Å². The number of hydrogen-bond donors (Lipinski definition) is 2. The highest BCUT2D eigenvalue weighted by molar-refractivity contribution is 5.98. The van der Waals surface area contributed by atoms with Crippen LogP contribution < -0.4 is 10.8 Å². The maximum Gasteiger partial charge on any atom is 0.332 e. The Bertz CT molecular complexity index is 544. The Hall–Kier alpha value is -2.21. The van der Waals surface area contributed by atoms with E-state index in [0.717, 1.165) is 5.56 Å². The summed E-state index contributed by atoms with van der Waals surface area (Å²) in [7, 11) is 0. The van der Waals surface area contributed by atoms with Gasteiger partial charge in [0.25, 0.3) is 0 Å². The number of piperidine rings is 1. The van der Waals surface area contributed by atoms with Crippen LogP contribution >= 0.6 is 0 Å². The summed E-state index contributed by atoms with van der Waals surface area (Å²) in [6, 6.07) is 9.41. The second kappa shape index (κ2) is 7.70. The average molecular weight is 304 g/mol. The van der Waals surface area contributed by atoms with Gasteiger partial charge in [-0.2, -0.15) is 5.48 Å². The third-order valence-electron chi connectivity index (χ3n) is 3.75. The Morgan fingerprint density at radius 2 is 2.09 bits per heavy atom. The van der Waals surface area contributed by atoms with Gasteiger partial charge in [-0.15, -0.1) is 0 Å². The van der Waals surface area contributed by atoms with E-state index in [9.17, 15) is 14.4 Å². The fourth-order valence-corrected chi connectivity index (χ4v) is 2.44. The van der Waals surface area contributed by atoms with Crippen molar-refractivity contribution in [3.8, 4) is 0 Å². The molecule has 0 aliphatic carbocycles. The molecule has 2 N–H and O–H groups in total. The van der Waals surface area contributed by atoms with Crippen molar-refractivity contribution in [1.29, 1.82) is 0 Å². The molecule has 2 atom stereocenters. The summed E-state index contributed by atoms with van der Waals surface area (Å²) in [6.45, 7) is 2.12. The van der Waals surface area contributed by atoms with Crippen LogP contribution in [0, 0.1) is 5.92 Å². The first-order chi connectivity index (χ1) is 10.6. The van der Waals surface area contributed by atoms with Crippen molar-refractivity contribution >= 4 is 17.8 Å². The van der Waals surface area contributed by atoms with Crippen molar-refractivity contribution in [1.82, 2.24) is 10.8 Å². The minimum absolute atomic E-state index is 0.204. The lowest BCUT2D eigenvalue weighted by Gasteiger charge is -2.21. The number of carbonyl (C=O) groups excluding carboxylic acids is 3. The van der Waals surface area contributed by atoms with Crippen molar-refractivity contribution < 1.29 is 19.2 Å². The van der Waals surface area contributed by atoms with E-state index in [0.29, 0.717) is 19.3 Å². The van der Waals surface area contributed by atoms with Crippen LogP contribution in [0.1, 0.15) is 37.7 Å². The van der Waals surface area contributed by atoms with Gasteiger partial charge in [-0.25, -0.2) is 4.79 Å². The number of benzene rings is 1. The SMILES string of the molecule is CC[C@H](C(=O)ONCC1CCC(=O)NC1=O)c1ccccc1. The third kappa shape index (κ3) is 4.14. The van der Waals surface area contributed by atoms with Gasteiger partial charge >= 0.3 is 5.97 Å². The maximum absolute atomic E-state index is 12.1. The molecule has 0 bridgehead atoms. The predicted molar refractivity (Wildman–Crippen MR) is 79.4 cm³/mol. The number of amides is 2. The lowest BCUT2D eigenvalue weighted by molar-refractivity contribution is -0.155. The summed E-state index contributed by atoms with van der Waals surface area (Å²) in [5, 5.41) is 2.27. The molecule has 0 aromatic heterocycles. The summed E-state index contributed by atoms with van der Waals surface area (Å²) < 4.78 is 0. The molecule has 1 aromatic rings. The monoisotopic (exact) mass is 304 g/mol. The van der Waals surface area contributed by atoms with Gasteiger partial charge in [-0.1, -0.05) is 37.3 Å². The lowest BCUT2D eigenvalue weighted by Crippen LogP contribution is -2.44. The molecule has 22 heavy (non-hydrogen) atoms. The lowest BCUT2D eigenvalue weighted by atomic mass is 9.97. The number of carbonyl (C=O) groups is 3. The van der Waals surface area contributed by atoms with Crippen LogP contribution in [0.15, 0.2) is 30.3 Å². The summed E-state index contributed by atoms with van der Waals surface area (Å²) in [6.07, 6.45) is 1.40. The largest absolute Gasteiger partial charge is 0.370 e. The molecule has 118 valence electrons. The molecular formula is C16H20N2O4. The molecule has 0 radical (unpaired) electrons. The minimum atomic E-state index is -0.374. The van der Waals surface area contributed by atoms with Crippen molar-refractivity contribution in [3.05, 3.63) is 35.9 Å². The summed E-state index contributed by atoms with van der Waals surface area (Å²) >= 11 is 0. The highest BCUT2D eigenvalue weighted by Crippen LogP contribution is 2.20. The van der Waals surface area contributed by atoms with Crippen LogP contribution in [0.5, 0.6) is 0 Å². The number of hydrogen-bond acceptors (Lipinski definition) is 5. The van der Waals surface area contributed by atoms with E-state index in [1.807, 2.05) is 37.3 Å². The van der Waals surface area contributed by atoms with Gasteiger partial charge in [0.2, 0.25) is 11.8 Å². The average Bonchev–Trinajstić information content (AvgIpc) is 2.51. The van der Waals surface area contributed by atoms with Crippen molar-refractivity contribution in [2.75, 3.05) is 6.54 Å². The summed E-state index contributed by atoms with van der Waals surface area (Å²) in [5.74, 6) is -1.65. The zero-order chi connectivity index (χ0) is 15.9. The Morgan fingerprint density at radius 1 is 1.36 bits per heavy atom. The molecule has 1 heterocycles. The molecule has 2 amide bonds. The first-order valence-electron chi connectivity index (χ1n) is 7.44. The standard InChI is InChI=1S/C16H20N2O4/c1-2-13(11-6-4-3-5-7-11)16(21)22-17-10-12-8-9-14(19)18-15(12)20/h3-7,12-13,17H,2,8-10H2,1H3,(H,18,19,20)/t12?,13-/m0/s1. The van der Waals surface area contributed by atoms with Crippen LogP contribution in [0.25, 0.3) is 0 Å². The fraction of sp³-hybridized carbons (Fsp3) is 0.438. The van der Waals surface area contributed by atoms with E-state index in [1.165, 1.54) is 0 Å². The van der Waals surface area contributed by atoms with Gasteiger partial charge in [-0.3, -0.25) is 14.9 Å². The van der Waals surface area contributed by atoms with E-state index in [-0.39, 0.29) is 36.2 Å². The van der Waals surface area contributed by atoms with Crippen LogP contribution in [0.3, 0.4) is 0 Å². The quantitative estimate of drug-likeness (QED) is 0.611. The van der Waals surface area contributed by atoms with Gasteiger partial charge in [0.05, 0.1) is 11.8 Å². The van der Waals surface area contributed by atoms with Gasteiger partial charge in [0.1, 0.15) is 0 Å². The number of nitrogens with one attached hydrogen (secondary N) is 2. The highest BCUT2D eigenvalue weighted by Gasteiger charge is 2.27. The molecule has 1 aliphatic rings. The molecule has 0 saturated carbocycles. The smallest absolute Gasteiger partial charge is 0.332 e. The normalized spacial score (nSPS) is 19.4. The van der Waals surface area contributed by atoms with Crippen molar-refractivity contribution in [2.45, 2.75) is 32.1 Å². The molecule has 6 heteroatoms. The van der Waals surface area contributed by atoms with Gasteiger partial charge < -0.3 is 4.84 Å². The van der Waals surface area contributed by atoms with E-state index in [1.54, 1.807) is 0 Å². The number of imide groups is 1. The molecular weight excluding hydrogens is 284 g/mol. The van der Waals surface area contributed by atoms with Crippen molar-refractivity contribution in [2.24, 2.45) is 5.92 Å². The first kappa shape index (κ1) is 16.2. The van der Waals surface area contributed by atoms with Gasteiger partial charge in [0, 0.05) is 13.0 Å². The van der Waals surface area contributed by atoms with Gasteiger partial charge in [-0.05, 0) is 18.4 Å². The van der Waals surface area contributed by atoms with Crippen molar-refractivity contribution in [3.63, 3.8) is 0 Å². The Kier molecular flexibility index (Phi) is 5.66. The number of rotatable bonds is 6. The highest BCUT2D eigenvalue weighted by atomic mass is 16.7. The molecule has 0 spiro atoms. The Labute approximate surface area is 129 Å². The minimum Gasteiger partial charge on any atom is -0.370 e. The molecule has 6 nitrogen and oxygen atoms in total. The maximum atomic E-state index is 12.1. The van der Waals surface area contributed by atoms with Crippen LogP contribution in [-0.4, -0.2) is 24.3 Å². The number of hydroxylamine groups is 1. The second-order valence-corrected chi connectivity index (χ2v) is 5.29. The molecule has 1 saturated heterocycles. The summed E-state index contributed by atoms with van der Waals surface area (Å²) in [4.78, 5) is 39.8. The molecule has 1 unspecified atom stereocenters. The molecule has 1 fully saturated rings. The van der Waals surface area contributed by atoms with E-state index in [4.69, 9.17) is 4.84 Å². The van der Waals surface area contributed by atoms with Crippen LogP contribution in [0.2, 0.25) is 0 Å². The Morgan fingerprint density at radius 3 is 2.73 bits per heavy atom. The summed E-state index contributed by atoms with van der Waals surface area (Å²) in [5.41, 5.74) is 3.46. The van der Waals surface area contributed by atoms with Crippen LogP contribution in [0.4, 0.5) is 0 Å². The second-order valence-electron chi connectivity index (χ2n) is 5.29. The van der Waals surface area contributed by atoms with Gasteiger partial charge in [0.15, 0.2) is 0 Å². The van der Waals surface area contributed by atoms with E-state index < -0.39 is 0 Å². The molecule has 2 rings (SSSR count). The topological polar surface area (TPSA) is 84.5 Å². The molecule has 1 aliphatic heterocycles. The zero-order valence-corrected chi connectivity index (χ0v) is 12.5. The first-order valence-corrected chi connectivity index (χ1v) is 7.44. The van der Waals surface area contributed by atoms with E-state index in [2.05, 4.69) is 10.8 Å². The fourth-order valence-electron chi connectivity index (χ4n) is 2.44.